The summed E-state index contributed by atoms with van der Waals surface area (Å²) in [6.07, 6.45) is 2.99. The molecule has 154 valence electrons. The van der Waals surface area contributed by atoms with Gasteiger partial charge in [0.1, 0.15) is 0 Å². The van der Waals surface area contributed by atoms with Crippen molar-refractivity contribution < 1.29 is 19.1 Å². The lowest BCUT2D eigenvalue weighted by atomic mass is 10.1. The van der Waals surface area contributed by atoms with E-state index in [4.69, 9.17) is 9.47 Å². The number of hydrogen-bond donors (Lipinski definition) is 2. The molecule has 29 heavy (non-hydrogen) atoms. The Hall–Kier alpha value is -3.35. The number of carbonyl (C=O) groups excluding carboxylic acids is 2. The molecule has 2 amide bonds. The van der Waals surface area contributed by atoms with Gasteiger partial charge in [-0.3, -0.25) is 9.59 Å². The second kappa shape index (κ2) is 12.2. The molecule has 0 radical (unpaired) electrons. The molecule has 2 aromatic rings. The molecule has 0 bridgehead atoms. The topological polar surface area (TPSA) is 89.0 Å². The van der Waals surface area contributed by atoms with E-state index in [1.807, 2.05) is 44.2 Å². The molecule has 0 saturated heterocycles. The third-order valence-electron chi connectivity index (χ3n) is 3.86. The number of nitrogens with one attached hydrogen (secondary N) is 2. The molecule has 0 fully saturated rings. The van der Waals surface area contributed by atoms with Crippen LogP contribution in [0.1, 0.15) is 31.4 Å². The molecule has 2 rings (SSSR count). The standard InChI is InChI=1S/C22H27N3O4/c1-3-14-29-19-11-10-18(15-20(19)28-4-2)16-24-25-22(27)21(26)23-13-12-17-8-6-5-7-9-17/h5-11,15-16H,3-4,12-14H2,1-2H3,(H,23,26)(H,25,27)/b24-16+. The fraction of sp³-hybridized carbons (Fsp3) is 0.318. The maximum Gasteiger partial charge on any atom is 0.329 e. The Balaban J connectivity index is 1.83. The number of hydrogen-bond acceptors (Lipinski definition) is 5. The van der Waals surface area contributed by atoms with E-state index >= 15 is 0 Å². The van der Waals surface area contributed by atoms with Crippen molar-refractivity contribution in [3.8, 4) is 11.5 Å². The van der Waals surface area contributed by atoms with Crippen molar-refractivity contribution in [2.45, 2.75) is 26.7 Å². The van der Waals surface area contributed by atoms with Gasteiger partial charge in [-0.15, -0.1) is 0 Å². The molecule has 7 nitrogen and oxygen atoms in total. The zero-order valence-corrected chi connectivity index (χ0v) is 16.8. The lowest BCUT2D eigenvalue weighted by Crippen LogP contribution is -2.38. The van der Waals surface area contributed by atoms with Crippen LogP contribution in [0.25, 0.3) is 0 Å². The number of rotatable bonds is 10. The molecule has 0 aromatic heterocycles. The smallest absolute Gasteiger partial charge is 0.329 e. The van der Waals surface area contributed by atoms with Crippen LogP contribution in [0, 0.1) is 0 Å². The highest BCUT2D eigenvalue weighted by molar-refractivity contribution is 6.35. The lowest BCUT2D eigenvalue weighted by molar-refractivity contribution is -0.139. The highest BCUT2D eigenvalue weighted by Crippen LogP contribution is 2.28. The van der Waals surface area contributed by atoms with Gasteiger partial charge in [-0.05, 0) is 49.1 Å². The summed E-state index contributed by atoms with van der Waals surface area (Å²) in [5.74, 6) is -0.277. The number of amides is 2. The number of ether oxygens (including phenoxy) is 2. The van der Waals surface area contributed by atoms with Crippen molar-refractivity contribution in [3.05, 3.63) is 59.7 Å². The second-order valence-electron chi connectivity index (χ2n) is 6.18. The monoisotopic (exact) mass is 397 g/mol. The molecule has 2 N–H and O–H groups in total. The van der Waals surface area contributed by atoms with Gasteiger partial charge in [0.15, 0.2) is 11.5 Å². The second-order valence-corrected chi connectivity index (χ2v) is 6.18. The van der Waals surface area contributed by atoms with E-state index < -0.39 is 11.8 Å². The highest BCUT2D eigenvalue weighted by Gasteiger charge is 2.11. The molecule has 0 aliphatic rings. The predicted molar refractivity (Wildman–Crippen MR) is 112 cm³/mol. The van der Waals surface area contributed by atoms with Gasteiger partial charge in [-0.2, -0.15) is 5.10 Å². The van der Waals surface area contributed by atoms with E-state index in [1.54, 1.807) is 18.2 Å². The Morgan fingerprint density at radius 2 is 1.79 bits per heavy atom. The van der Waals surface area contributed by atoms with E-state index in [-0.39, 0.29) is 0 Å². The number of benzene rings is 2. The van der Waals surface area contributed by atoms with E-state index in [0.717, 1.165) is 12.0 Å². The Labute approximate surface area is 171 Å². The summed E-state index contributed by atoms with van der Waals surface area (Å²) in [5.41, 5.74) is 4.02. The van der Waals surface area contributed by atoms with Crippen molar-refractivity contribution in [1.29, 1.82) is 0 Å². The van der Waals surface area contributed by atoms with Crippen LogP contribution < -0.4 is 20.2 Å². The average Bonchev–Trinajstić information content (AvgIpc) is 2.74. The van der Waals surface area contributed by atoms with E-state index in [2.05, 4.69) is 15.8 Å². The van der Waals surface area contributed by atoms with Crippen LogP contribution in [0.5, 0.6) is 11.5 Å². The van der Waals surface area contributed by atoms with Crippen molar-refractivity contribution in [2.24, 2.45) is 5.10 Å². The van der Waals surface area contributed by atoms with Gasteiger partial charge in [0.05, 0.1) is 19.4 Å². The first-order chi connectivity index (χ1) is 14.1. The quantitative estimate of drug-likeness (QED) is 0.366. The third kappa shape index (κ3) is 7.65. The molecule has 0 saturated carbocycles. The van der Waals surface area contributed by atoms with Crippen molar-refractivity contribution in [3.63, 3.8) is 0 Å². The lowest BCUT2D eigenvalue weighted by Gasteiger charge is -2.11. The van der Waals surface area contributed by atoms with Crippen LogP contribution >= 0.6 is 0 Å². The summed E-state index contributed by atoms with van der Waals surface area (Å²) in [5, 5.41) is 6.41. The predicted octanol–water partition coefficient (Wildman–Crippen LogP) is 2.68. The molecule has 0 unspecified atom stereocenters. The maximum atomic E-state index is 11.8. The summed E-state index contributed by atoms with van der Waals surface area (Å²) in [4.78, 5) is 23.7. The highest BCUT2D eigenvalue weighted by atomic mass is 16.5. The van der Waals surface area contributed by atoms with Crippen molar-refractivity contribution >= 4 is 18.0 Å². The van der Waals surface area contributed by atoms with Crippen LogP contribution in [0.4, 0.5) is 0 Å². The zero-order chi connectivity index (χ0) is 20.9. The van der Waals surface area contributed by atoms with Gasteiger partial charge in [-0.1, -0.05) is 37.3 Å². The molecule has 7 heteroatoms. The first-order valence-electron chi connectivity index (χ1n) is 9.68. The number of nitrogens with zero attached hydrogens (tertiary/aromatic N) is 1. The normalized spacial score (nSPS) is 10.6. The molecule has 0 aliphatic heterocycles. The summed E-state index contributed by atoms with van der Waals surface area (Å²) < 4.78 is 11.2. The fourth-order valence-electron chi connectivity index (χ4n) is 2.47. The minimum atomic E-state index is -0.817. The first kappa shape index (κ1) is 21.9. The Morgan fingerprint density at radius 3 is 2.52 bits per heavy atom. The first-order valence-corrected chi connectivity index (χ1v) is 9.68. The number of carbonyl (C=O) groups is 2. The minimum Gasteiger partial charge on any atom is -0.490 e. The average molecular weight is 397 g/mol. The summed E-state index contributed by atoms with van der Waals surface area (Å²) in [7, 11) is 0. The SMILES string of the molecule is CCCOc1ccc(/C=N/NC(=O)C(=O)NCCc2ccccc2)cc1OCC. The van der Waals surface area contributed by atoms with E-state index in [0.29, 0.717) is 43.2 Å². The summed E-state index contributed by atoms with van der Waals surface area (Å²) in [6, 6.07) is 15.1. The van der Waals surface area contributed by atoms with E-state index in [9.17, 15) is 9.59 Å². The van der Waals surface area contributed by atoms with Crippen LogP contribution in [-0.4, -0.2) is 37.8 Å². The van der Waals surface area contributed by atoms with Gasteiger partial charge in [0, 0.05) is 6.54 Å². The Morgan fingerprint density at radius 1 is 1.00 bits per heavy atom. The summed E-state index contributed by atoms with van der Waals surface area (Å²) >= 11 is 0. The van der Waals surface area contributed by atoms with Gasteiger partial charge < -0.3 is 14.8 Å². The fourth-order valence-corrected chi connectivity index (χ4v) is 2.47. The summed E-state index contributed by atoms with van der Waals surface area (Å²) in [6.45, 7) is 5.39. The van der Waals surface area contributed by atoms with E-state index in [1.165, 1.54) is 6.21 Å². The molecule has 0 heterocycles. The molecular weight excluding hydrogens is 370 g/mol. The van der Waals surface area contributed by atoms with Gasteiger partial charge in [0.2, 0.25) is 0 Å². The molecular formula is C22H27N3O4. The van der Waals surface area contributed by atoms with Crippen LogP contribution in [0.2, 0.25) is 0 Å². The minimum absolute atomic E-state index is 0.372. The molecule has 0 spiro atoms. The van der Waals surface area contributed by atoms with Crippen LogP contribution in [-0.2, 0) is 16.0 Å². The molecule has 0 aliphatic carbocycles. The largest absolute Gasteiger partial charge is 0.490 e. The number of hydrazone groups is 1. The van der Waals surface area contributed by atoms with Crippen LogP contribution in [0.3, 0.4) is 0 Å². The Bertz CT molecular complexity index is 822. The van der Waals surface area contributed by atoms with Crippen molar-refractivity contribution in [2.75, 3.05) is 19.8 Å². The van der Waals surface area contributed by atoms with Gasteiger partial charge in [-0.25, -0.2) is 5.43 Å². The maximum absolute atomic E-state index is 11.8. The van der Waals surface area contributed by atoms with Gasteiger partial charge in [0.25, 0.3) is 0 Å². The molecule has 0 atom stereocenters. The van der Waals surface area contributed by atoms with Gasteiger partial charge >= 0.3 is 11.8 Å². The molecule has 2 aromatic carbocycles. The van der Waals surface area contributed by atoms with Crippen LogP contribution in [0.15, 0.2) is 53.6 Å². The Kier molecular flexibility index (Phi) is 9.21. The zero-order valence-electron chi connectivity index (χ0n) is 16.8. The third-order valence-corrected chi connectivity index (χ3v) is 3.86. The van der Waals surface area contributed by atoms with Crippen molar-refractivity contribution in [1.82, 2.24) is 10.7 Å².